The molecule has 3 aromatic rings. The van der Waals surface area contributed by atoms with Gasteiger partial charge in [-0.25, -0.2) is 9.50 Å². The summed E-state index contributed by atoms with van der Waals surface area (Å²) in [6.45, 7) is 1.29. The van der Waals surface area contributed by atoms with Crippen LogP contribution in [0.25, 0.3) is 5.65 Å². The van der Waals surface area contributed by atoms with E-state index in [0.29, 0.717) is 24.4 Å². The van der Waals surface area contributed by atoms with Crippen LogP contribution in [-0.4, -0.2) is 48.3 Å². The third-order valence-electron chi connectivity index (χ3n) is 4.53. The van der Waals surface area contributed by atoms with Gasteiger partial charge in [0.15, 0.2) is 5.65 Å². The molecule has 24 heavy (non-hydrogen) atoms. The maximum Gasteiger partial charge on any atom is 0.274 e. The molecular weight excluding hydrogens is 308 g/mol. The summed E-state index contributed by atoms with van der Waals surface area (Å²) in [6.07, 6.45) is 5.06. The third-order valence-corrected chi connectivity index (χ3v) is 4.53. The number of aromatic nitrogens is 5. The van der Waals surface area contributed by atoms with Gasteiger partial charge in [0.1, 0.15) is 5.69 Å². The van der Waals surface area contributed by atoms with Crippen molar-refractivity contribution in [2.24, 2.45) is 7.05 Å². The Balaban J connectivity index is 1.49. The Morgan fingerprint density at radius 2 is 2.08 bits per heavy atom. The average molecular weight is 326 g/mol. The first-order valence-corrected chi connectivity index (χ1v) is 7.98. The number of likely N-dealkylation sites (tertiary alicyclic amines) is 1. The molecule has 8 nitrogen and oxygen atoms in total. The number of carbonyl (C=O) groups excluding carboxylic acids is 1. The predicted octanol–water partition coefficient (Wildman–Crippen LogP) is 0.776. The van der Waals surface area contributed by atoms with E-state index in [1.54, 1.807) is 42.3 Å². The summed E-state index contributed by atoms with van der Waals surface area (Å²) in [5, 5.41) is 7.01. The van der Waals surface area contributed by atoms with E-state index in [2.05, 4.69) is 15.2 Å². The molecule has 0 aliphatic carbocycles. The van der Waals surface area contributed by atoms with Crippen molar-refractivity contribution in [1.82, 2.24) is 29.3 Å². The molecule has 4 rings (SSSR count). The van der Waals surface area contributed by atoms with Crippen LogP contribution < -0.4 is 5.56 Å². The van der Waals surface area contributed by atoms with E-state index in [1.165, 1.54) is 4.52 Å². The highest BCUT2D eigenvalue weighted by molar-refractivity contribution is 5.92. The summed E-state index contributed by atoms with van der Waals surface area (Å²) in [7, 11) is 1.80. The van der Waals surface area contributed by atoms with Gasteiger partial charge in [0.2, 0.25) is 0 Å². The van der Waals surface area contributed by atoms with Gasteiger partial charge in [0.05, 0.1) is 5.69 Å². The summed E-state index contributed by atoms with van der Waals surface area (Å²) < 4.78 is 3.05. The quantitative estimate of drug-likeness (QED) is 0.753. The lowest BCUT2D eigenvalue weighted by atomic mass is 9.93. The first kappa shape index (κ1) is 14.7. The lowest BCUT2D eigenvalue weighted by Crippen LogP contribution is -2.38. The molecule has 8 heteroatoms. The fourth-order valence-electron chi connectivity index (χ4n) is 3.23. The zero-order valence-electron chi connectivity index (χ0n) is 13.3. The van der Waals surface area contributed by atoms with Gasteiger partial charge >= 0.3 is 0 Å². The molecule has 4 heterocycles. The van der Waals surface area contributed by atoms with Crippen LogP contribution in [0.4, 0.5) is 0 Å². The molecular formula is C16H18N6O2. The van der Waals surface area contributed by atoms with Crippen LogP contribution in [0.15, 0.2) is 35.4 Å². The lowest BCUT2D eigenvalue weighted by Gasteiger charge is -2.31. The van der Waals surface area contributed by atoms with Gasteiger partial charge in [-0.15, -0.1) is 0 Å². The van der Waals surface area contributed by atoms with E-state index < -0.39 is 0 Å². The fraction of sp³-hybridized carbons (Fsp3) is 0.375. The number of rotatable bonds is 2. The number of nitrogens with one attached hydrogen (secondary N) is 1. The number of amides is 1. The molecule has 0 unspecified atom stereocenters. The number of aryl methyl sites for hydroxylation is 1. The summed E-state index contributed by atoms with van der Waals surface area (Å²) >= 11 is 0. The molecule has 3 aromatic heterocycles. The summed E-state index contributed by atoms with van der Waals surface area (Å²) in [6, 6.07) is 5.10. The van der Waals surface area contributed by atoms with Gasteiger partial charge in [0.25, 0.3) is 11.5 Å². The van der Waals surface area contributed by atoms with Gasteiger partial charge in [-0.2, -0.15) is 5.10 Å². The van der Waals surface area contributed by atoms with Crippen molar-refractivity contribution in [1.29, 1.82) is 0 Å². The van der Waals surface area contributed by atoms with Crippen molar-refractivity contribution < 1.29 is 4.79 Å². The van der Waals surface area contributed by atoms with E-state index in [1.807, 2.05) is 4.90 Å². The number of hydrogen-bond acceptors (Lipinski definition) is 4. The standard InChI is InChI=1S/C16H18N6O2/c1-20-7-5-12(19-20)16(24)21-8-3-11(4-9-21)13-10-15(23)22-14(18-13)2-6-17-22/h2,5-7,10-11,17H,3-4,8-9H2,1H3. The highest BCUT2D eigenvalue weighted by atomic mass is 16.2. The highest BCUT2D eigenvalue weighted by Crippen LogP contribution is 2.26. The lowest BCUT2D eigenvalue weighted by molar-refractivity contribution is 0.0705. The average Bonchev–Trinajstić information content (AvgIpc) is 3.23. The van der Waals surface area contributed by atoms with Gasteiger partial charge in [-0.1, -0.05) is 0 Å². The summed E-state index contributed by atoms with van der Waals surface area (Å²) in [4.78, 5) is 30.9. The first-order chi connectivity index (χ1) is 11.6. The molecule has 0 saturated carbocycles. The van der Waals surface area contributed by atoms with E-state index in [-0.39, 0.29) is 17.4 Å². The zero-order valence-corrected chi connectivity index (χ0v) is 13.3. The largest absolute Gasteiger partial charge is 0.337 e. The number of H-pyrrole nitrogens is 1. The minimum Gasteiger partial charge on any atom is -0.337 e. The van der Waals surface area contributed by atoms with E-state index >= 15 is 0 Å². The summed E-state index contributed by atoms with van der Waals surface area (Å²) in [5.74, 6) is 0.161. The monoisotopic (exact) mass is 326 g/mol. The fourth-order valence-corrected chi connectivity index (χ4v) is 3.23. The molecule has 1 N–H and O–H groups in total. The van der Waals surface area contributed by atoms with Crippen molar-refractivity contribution in [2.45, 2.75) is 18.8 Å². The number of carbonyl (C=O) groups is 1. The number of aromatic amines is 1. The molecule has 0 atom stereocenters. The predicted molar refractivity (Wildman–Crippen MR) is 86.9 cm³/mol. The van der Waals surface area contributed by atoms with Crippen LogP contribution in [0, 0.1) is 0 Å². The molecule has 1 saturated heterocycles. The van der Waals surface area contributed by atoms with Gasteiger partial charge < -0.3 is 4.90 Å². The van der Waals surface area contributed by atoms with Crippen molar-refractivity contribution in [3.8, 4) is 0 Å². The van der Waals surface area contributed by atoms with Crippen molar-refractivity contribution >= 4 is 11.6 Å². The second-order valence-electron chi connectivity index (χ2n) is 6.12. The number of hydrogen-bond donors (Lipinski definition) is 1. The van der Waals surface area contributed by atoms with Crippen LogP contribution in [0.2, 0.25) is 0 Å². The molecule has 0 aromatic carbocycles. The third kappa shape index (κ3) is 2.49. The van der Waals surface area contributed by atoms with Crippen LogP contribution in [0.3, 0.4) is 0 Å². The van der Waals surface area contributed by atoms with E-state index in [4.69, 9.17) is 0 Å². The molecule has 124 valence electrons. The van der Waals surface area contributed by atoms with Crippen LogP contribution in [0.1, 0.15) is 34.9 Å². The smallest absolute Gasteiger partial charge is 0.274 e. The Kier molecular flexibility index (Phi) is 3.44. The van der Waals surface area contributed by atoms with Crippen molar-refractivity contribution in [2.75, 3.05) is 13.1 Å². The van der Waals surface area contributed by atoms with Gasteiger partial charge in [-0.05, 0) is 18.9 Å². The topological polar surface area (TPSA) is 88.3 Å². The molecule has 1 amide bonds. The maximum atomic E-state index is 12.4. The molecule has 1 aliphatic heterocycles. The van der Waals surface area contributed by atoms with Crippen molar-refractivity contribution in [3.63, 3.8) is 0 Å². The molecule has 0 bridgehead atoms. The van der Waals surface area contributed by atoms with Gasteiger partial charge in [0, 0.05) is 50.6 Å². The Labute approximate surface area is 137 Å². The first-order valence-electron chi connectivity index (χ1n) is 7.98. The zero-order chi connectivity index (χ0) is 16.7. The normalized spacial score (nSPS) is 16.0. The Hall–Kier alpha value is -2.90. The second kappa shape index (κ2) is 5.63. The number of piperidine rings is 1. The SMILES string of the molecule is Cn1ccc(C(=O)N2CCC(c3cc(=O)n4[nH]ccc4n3)CC2)n1. The Morgan fingerprint density at radius 3 is 2.79 bits per heavy atom. The maximum absolute atomic E-state index is 12.4. The number of nitrogens with zero attached hydrogens (tertiary/aromatic N) is 5. The van der Waals surface area contributed by atoms with Gasteiger partial charge in [-0.3, -0.25) is 19.4 Å². The van der Waals surface area contributed by atoms with Crippen molar-refractivity contribution in [3.05, 3.63) is 52.3 Å². The summed E-state index contributed by atoms with van der Waals surface area (Å²) in [5.41, 5.74) is 1.81. The second-order valence-corrected chi connectivity index (χ2v) is 6.12. The minimum absolute atomic E-state index is 0.0387. The molecule has 1 aliphatic rings. The highest BCUT2D eigenvalue weighted by Gasteiger charge is 2.26. The molecule has 1 fully saturated rings. The molecule has 0 radical (unpaired) electrons. The Morgan fingerprint density at radius 1 is 1.29 bits per heavy atom. The van der Waals surface area contributed by atoms with Crippen LogP contribution in [-0.2, 0) is 7.05 Å². The molecule has 0 spiro atoms. The van der Waals surface area contributed by atoms with E-state index in [9.17, 15) is 9.59 Å². The minimum atomic E-state index is -0.105. The Bertz CT molecular complexity index is 945. The number of fused-ring (bicyclic) bond motifs is 1. The van der Waals surface area contributed by atoms with Crippen LogP contribution in [0.5, 0.6) is 0 Å². The van der Waals surface area contributed by atoms with Crippen LogP contribution >= 0.6 is 0 Å². The van der Waals surface area contributed by atoms with E-state index in [0.717, 1.165) is 18.5 Å².